The molecule has 3 heterocycles. The molecule has 3 rings (SSSR count). The number of hydrogen-bond donors (Lipinski definition) is 0. The molecule has 0 saturated heterocycles. The van der Waals surface area contributed by atoms with Crippen molar-refractivity contribution < 1.29 is 20.1 Å². The average molecular weight is 409 g/mol. The zero-order valence-corrected chi connectivity index (χ0v) is 11.6. The van der Waals surface area contributed by atoms with Gasteiger partial charge in [0.25, 0.3) is 0 Å². The maximum Gasteiger partial charge on any atom is 0.0131 e. The fourth-order valence-electron chi connectivity index (χ4n) is 1.43. The minimum atomic E-state index is 0. The Labute approximate surface area is 109 Å². The predicted octanol–water partition coefficient (Wildman–Crippen LogP) is 3.82. The molecule has 15 heavy (non-hydrogen) atoms. The van der Waals surface area contributed by atoms with Crippen LogP contribution in [0.4, 0.5) is 0 Å². The number of rotatable bonds is 1. The third kappa shape index (κ3) is 1.91. The Balaban J connectivity index is 0.000000853. The van der Waals surface area contributed by atoms with Crippen molar-refractivity contribution in [3.63, 3.8) is 0 Å². The van der Waals surface area contributed by atoms with Crippen LogP contribution >= 0.6 is 22.7 Å². The van der Waals surface area contributed by atoms with Crippen LogP contribution in [-0.4, -0.2) is 4.98 Å². The smallest absolute Gasteiger partial charge is 0.0131 e. The van der Waals surface area contributed by atoms with Gasteiger partial charge in [-0.05, 0) is 28.6 Å². The van der Waals surface area contributed by atoms with E-state index >= 15 is 0 Å². The summed E-state index contributed by atoms with van der Waals surface area (Å²) in [6, 6.07) is 9.31. The van der Waals surface area contributed by atoms with Crippen LogP contribution in [0.3, 0.4) is 0 Å². The first-order chi connectivity index (χ1) is 6.95. The summed E-state index contributed by atoms with van der Waals surface area (Å²) in [6.07, 6.45) is 1.86. The van der Waals surface area contributed by atoms with Gasteiger partial charge < -0.3 is 4.98 Å². The molecular weight excluding hydrogens is 402 g/mol. The van der Waals surface area contributed by atoms with Gasteiger partial charge in [-0.15, -0.1) is 5.38 Å². The van der Waals surface area contributed by atoms with Crippen molar-refractivity contribution in [2.24, 2.45) is 0 Å². The third-order valence-electron chi connectivity index (χ3n) is 2.05. The van der Waals surface area contributed by atoms with E-state index in [0.717, 1.165) is 10.6 Å². The van der Waals surface area contributed by atoms with Gasteiger partial charge in [0.05, 0.1) is 0 Å². The summed E-state index contributed by atoms with van der Waals surface area (Å²) in [5.41, 5.74) is 1.06. The van der Waals surface area contributed by atoms with Gasteiger partial charge >= 0.3 is 0 Å². The Morgan fingerprint density at radius 1 is 1.13 bits per heavy atom. The molecule has 0 N–H and O–H groups in total. The van der Waals surface area contributed by atoms with E-state index in [1.165, 1.54) is 10.1 Å². The standard InChI is InChI=1S/C11H6NS2.Ir/c1-2-9(13-6-1)10-11-8(3-5-12-10)4-7-14-11;/h1,3-7H;/q-1;. The molecule has 0 amide bonds. The van der Waals surface area contributed by atoms with E-state index < -0.39 is 0 Å². The van der Waals surface area contributed by atoms with E-state index in [2.05, 4.69) is 22.5 Å². The number of aromatic nitrogens is 1. The zero-order chi connectivity index (χ0) is 9.38. The molecule has 0 fully saturated rings. The fourth-order valence-corrected chi connectivity index (χ4v) is 3.05. The van der Waals surface area contributed by atoms with Crippen molar-refractivity contribution in [3.05, 3.63) is 41.2 Å². The molecule has 0 aliphatic heterocycles. The minimum absolute atomic E-state index is 0. The second kappa shape index (κ2) is 4.54. The van der Waals surface area contributed by atoms with E-state index in [9.17, 15) is 0 Å². The summed E-state index contributed by atoms with van der Waals surface area (Å²) in [6.45, 7) is 0. The van der Waals surface area contributed by atoms with E-state index in [0.29, 0.717) is 0 Å². The molecule has 0 aliphatic carbocycles. The molecule has 0 unspecified atom stereocenters. The van der Waals surface area contributed by atoms with Gasteiger partial charge in [0.15, 0.2) is 0 Å². The molecule has 4 heteroatoms. The molecular formula is C11H6IrNS2-. The summed E-state index contributed by atoms with van der Waals surface area (Å²) < 4.78 is 1.26. The van der Waals surface area contributed by atoms with E-state index in [1.54, 1.807) is 22.7 Å². The van der Waals surface area contributed by atoms with Crippen LogP contribution in [0.5, 0.6) is 0 Å². The average Bonchev–Trinajstić information content (AvgIpc) is 2.88. The number of nitrogens with zero attached hydrogens (tertiary/aromatic N) is 1. The van der Waals surface area contributed by atoms with Gasteiger partial charge in [-0.1, -0.05) is 4.88 Å². The SMILES string of the molecule is [Ir].[c-]1ccsc1-c1nccc2ccsc12. The van der Waals surface area contributed by atoms with Crippen LogP contribution in [0.25, 0.3) is 20.7 Å². The van der Waals surface area contributed by atoms with E-state index in [4.69, 9.17) is 0 Å². The largest absolute Gasteiger partial charge is 0.317 e. The molecule has 3 aromatic heterocycles. The van der Waals surface area contributed by atoms with Crippen LogP contribution in [0.15, 0.2) is 35.2 Å². The number of pyridine rings is 1. The van der Waals surface area contributed by atoms with Gasteiger partial charge in [-0.2, -0.15) is 23.5 Å². The van der Waals surface area contributed by atoms with Crippen molar-refractivity contribution in [2.75, 3.05) is 0 Å². The first kappa shape index (κ1) is 11.0. The second-order valence-electron chi connectivity index (χ2n) is 2.89. The molecule has 0 spiro atoms. The molecule has 77 valence electrons. The fraction of sp³-hybridized carbons (Fsp3) is 0. The summed E-state index contributed by atoms with van der Waals surface area (Å²) in [5.74, 6) is 0. The molecule has 1 nitrogen and oxygen atoms in total. The minimum Gasteiger partial charge on any atom is -0.317 e. The molecule has 0 bridgehead atoms. The maximum absolute atomic E-state index is 4.41. The number of fused-ring (bicyclic) bond motifs is 1. The first-order valence-electron chi connectivity index (χ1n) is 4.23. The Kier molecular flexibility index (Phi) is 3.32. The number of hydrogen-bond acceptors (Lipinski definition) is 3. The third-order valence-corrected chi connectivity index (χ3v) is 3.81. The summed E-state index contributed by atoms with van der Waals surface area (Å²) in [5, 5.41) is 5.40. The summed E-state index contributed by atoms with van der Waals surface area (Å²) >= 11 is 3.42. The van der Waals surface area contributed by atoms with E-state index in [1.807, 2.05) is 23.7 Å². The topological polar surface area (TPSA) is 12.9 Å². The Bertz CT molecular complexity index is 557. The maximum atomic E-state index is 4.41. The first-order valence-corrected chi connectivity index (χ1v) is 5.99. The Hall–Kier alpha value is -0.541. The number of thiophene rings is 2. The van der Waals surface area contributed by atoms with Crippen molar-refractivity contribution in [1.29, 1.82) is 0 Å². The van der Waals surface area contributed by atoms with Crippen molar-refractivity contribution >= 4 is 32.8 Å². The molecule has 0 saturated carbocycles. The molecule has 0 aliphatic rings. The Morgan fingerprint density at radius 2 is 2.07 bits per heavy atom. The monoisotopic (exact) mass is 409 g/mol. The summed E-state index contributed by atoms with van der Waals surface area (Å²) in [7, 11) is 0. The quantitative estimate of drug-likeness (QED) is 0.558. The molecule has 0 atom stereocenters. The molecule has 0 aromatic carbocycles. The van der Waals surface area contributed by atoms with Crippen LogP contribution in [0.2, 0.25) is 0 Å². The predicted molar refractivity (Wildman–Crippen MR) is 61.8 cm³/mol. The molecule has 3 aromatic rings. The molecule has 1 radical (unpaired) electrons. The van der Waals surface area contributed by atoms with Gasteiger partial charge in [-0.3, -0.25) is 0 Å². The van der Waals surface area contributed by atoms with Crippen LogP contribution in [0, 0.1) is 6.07 Å². The zero-order valence-electron chi connectivity index (χ0n) is 7.56. The van der Waals surface area contributed by atoms with Gasteiger partial charge in [-0.25, -0.2) is 11.3 Å². The Morgan fingerprint density at radius 3 is 2.87 bits per heavy atom. The van der Waals surface area contributed by atoms with Crippen LogP contribution < -0.4 is 0 Å². The van der Waals surface area contributed by atoms with Gasteiger partial charge in [0.2, 0.25) is 0 Å². The van der Waals surface area contributed by atoms with E-state index in [-0.39, 0.29) is 20.1 Å². The normalized spacial score (nSPS) is 10.1. The second-order valence-corrected chi connectivity index (χ2v) is 4.72. The summed E-state index contributed by atoms with van der Waals surface area (Å²) in [4.78, 5) is 5.53. The van der Waals surface area contributed by atoms with Crippen molar-refractivity contribution in [1.82, 2.24) is 4.98 Å². The van der Waals surface area contributed by atoms with Gasteiger partial charge in [0.1, 0.15) is 0 Å². The van der Waals surface area contributed by atoms with Crippen molar-refractivity contribution in [2.45, 2.75) is 0 Å². The van der Waals surface area contributed by atoms with Crippen LogP contribution in [0.1, 0.15) is 0 Å². The van der Waals surface area contributed by atoms with Crippen molar-refractivity contribution in [3.8, 4) is 10.6 Å². The van der Waals surface area contributed by atoms with Crippen LogP contribution in [-0.2, 0) is 20.1 Å². The van der Waals surface area contributed by atoms with Gasteiger partial charge in [0, 0.05) is 31.0 Å².